The zero-order valence-corrected chi connectivity index (χ0v) is 12.2. The van der Waals surface area contributed by atoms with Gasteiger partial charge >= 0.3 is 0 Å². The molecule has 1 aromatic heterocycles. The van der Waals surface area contributed by atoms with Crippen molar-refractivity contribution in [3.05, 3.63) is 11.1 Å². The van der Waals surface area contributed by atoms with Crippen molar-refractivity contribution in [3.8, 4) is 0 Å². The first kappa shape index (κ1) is 15.4. The molecule has 0 radical (unpaired) electrons. The van der Waals surface area contributed by atoms with Crippen molar-refractivity contribution in [2.45, 2.75) is 26.0 Å². The van der Waals surface area contributed by atoms with Gasteiger partial charge in [0.2, 0.25) is 0 Å². The summed E-state index contributed by atoms with van der Waals surface area (Å²) in [6, 6.07) is 0.221. The Labute approximate surface area is 112 Å². The van der Waals surface area contributed by atoms with Crippen molar-refractivity contribution in [2.75, 3.05) is 38.9 Å². The molecule has 5 nitrogen and oxygen atoms in total. The van der Waals surface area contributed by atoms with Crippen LogP contribution in [0, 0.1) is 0 Å². The zero-order valence-electron chi connectivity index (χ0n) is 11.4. The predicted octanol–water partition coefficient (Wildman–Crippen LogP) is 1.68. The molecule has 1 rings (SSSR count). The third-order valence-corrected chi connectivity index (χ3v) is 3.85. The molecule has 0 aliphatic carbocycles. The summed E-state index contributed by atoms with van der Waals surface area (Å²) in [5.41, 5.74) is 0. The average Bonchev–Trinajstić information content (AvgIpc) is 2.79. The normalized spacial score (nSPS) is 14.5. The lowest BCUT2D eigenvalue weighted by Crippen LogP contribution is -2.38. The molecule has 0 saturated heterocycles. The van der Waals surface area contributed by atoms with Gasteiger partial charge in [-0.25, -0.2) is 4.98 Å². The van der Waals surface area contributed by atoms with Gasteiger partial charge in [0.15, 0.2) is 5.13 Å². The fraction of sp³-hybridized carbons (Fsp3) is 0.750. The van der Waals surface area contributed by atoms with Gasteiger partial charge < -0.3 is 19.5 Å². The Bertz CT molecular complexity index is 344. The molecule has 6 heteroatoms. The number of nitrogens with zero attached hydrogens (tertiary/aromatic N) is 2. The van der Waals surface area contributed by atoms with Gasteiger partial charge in [-0.2, -0.15) is 0 Å². The minimum Gasteiger partial charge on any atom is -0.388 e. The maximum absolute atomic E-state index is 9.54. The van der Waals surface area contributed by atoms with Gasteiger partial charge in [-0.3, -0.25) is 0 Å². The van der Waals surface area contributed by atoms with Crippen LogP contribution in [-0.2, 0) is 9.47 Å². The number of aliphatic hydroxyl groups is 1. The van der Waals surface area contributed by atoms with Gasteiger partial charge in [-0.05, 0) is 13.8 Å². The molecule has 2 unspecified atom stereocenters. The summed E-state index contributed by atoms with van der Waals surface area (Å²) in [5, 5.41) is 10.4. The summed E-state index contributed by atoms with van der Waals surface area (Å²) in [6.45, 7) is 5.86. The highest BCUT2D eigenvalue weighted by Crippen LogP contribution is 2.28. The summed E-state index contributed by atoms with van der Waals surface area (Å²) in [7, 11) is 3.37. The van der Waals surface area contributed by atoms with Gasteiger partial charge in [0.1, 0.15) is 0 Å². The molecule has 0 amide bonds. The summed E-state index contributed by atoms with van der Waals surface area (Å²) in [4.78, 5) is 7.38. The van der Waals surface area contributed by atoms with E-state index >= 15 is 0 Å². The van der Waals surface area contributed by atoms with Crippen LogP contribution in [0.1, 0.15) is 24.8 Å². The van der Waals surface area contributed by atoms with E-state index in [9.17, 15) is 5.11 Å². The highest BCUT2D eigenvalue weighted by Gasteiger charge is 2.18. The quantitative estimate of drug-likeness (QED) is 0.781. The van der Waals surface area contributed by atoms with Crippen LogP contribution < -0.4 is 4.90 Å². The van der Waals surface area contributed by atoms with Gasteiger partial charge in [-0.15, -0.1) is 0 Å². The van der Waals surface area contributed by atoms with Crippen molar-refractivity contribution in [1.29, 1.82) is 0 Å². The first-order valence-corrected chi connectivity index (χ1v) is 6.80. The Kier molecular flexibility index (Phi) is 6.56. The Hall–Kier alpha value is -0.690. The van der Waals surface area contributed by atoms with Crippen molar-refractivity contribution >= 4 is 16.5 Å². The van der Waals surface area contributed by atoms with E-state index in [1.54, 1.807) is 27.3 Å². The molecule has 0 aliphatic heterocycles. The third-order valence-electron chi connectivity index (χ3n) is 2.65. The molecule has 0 aliphatic rings. The molecule has 2 atom stereocenters. The van der Waals surface area contributed by atoms with Gasteiger partial charge in [0, 0.05) is 27.0 Å². The minimum atomic E-state index is -0.474. The van der Waals surface area contributed by atoms with Crippen molar-refractivity contribution in [2.24, 2.45) is 0 Å². The lowest BCUT2D eigenvalue weighted by atomic mass is 10.3. The molecule has 0 aromatic carbocycles. The third kappa shape index (κ3) is 4.20. The monoisotopic (exact) mass is 274 g/mol. The molecule has 18 heavy (non-hydrogen) atoms. The van der Waals surface area contributed by atoms with E-state index < -0.39 is 6.10 Å². The minimum absolute atomic E-state index is 0.221. The van der Waals surface area contributed by atoms with Crippen LogP contribution in [0.25, 0.3) is 0 Å². The van der Waals surface area contributed by atoms with Gasteiger partial charge in [0.05, 0.1) is 30.2 Å². The fourth-order valence-corrected chi connectivity index (χ4v) is 2.61. The lowest BCUT2D eigenvalue weighted by Gasteiger charge is -2.28. The Balaban J connectivity index is 2.79. The fourth-order valence-electron chi connectivity index (χ4n) is 1.63. The number of rotatable bonds is 8. The van der Waals surface area contributed by atoms with Crippen molar-refractivity contribution in [1.82, 2.24) is 4.98 Å². The van der Waals surface area contributed by atoms with E-state index in [4.69, 9.17) is 9.47 Å². The number of thiazole rings is 1. The Morgan fingerprint density at radius 1 is 1.39 bits per heavy atom. The maximum Gasteiger partial charge on any atom is 0.185 e. The van der Waals surface area contributed by atoms with E-state index in [-0.39, 0.29) is 6.04 Å². The number of methoxy groups -OCH3 is 2. The number of anilines is 1. The summed E-state index contributed by atoms with van der Waals surface area (Å²) in [5.74, 6) is 0. The molecule has 1 N–H and O–H groups in total. The highest BCUT2D eigenvalue weighted by molar-refractivity contribution is 7.15. The van der Waals surface area contributed by atoms with E-state index in [0.717, 1.165) is 16.6 Å². The second-order valence-electron chi connectivity index (χ2n) is 4.21. The van der Waals surface area contributed by atoms with Crippen LogP contribution in [0.5, 0.6) is 0 Å². The molecular formula is C12H22N2O3S. The lowest BCUT2D eigenvalue weighted by molar-refractivity contribution is 0.171. The number of ether oxygens (including phenoxy) is 2. The number of aliphatic hydroxyl groups excluding tert-OH is 1. The molecule has 0 fully saturated rings. The van der Waals surface area contributed by atoms with E-state index in [2.05, 4.69) is 16.8 Å². The second-order valence-corrected chi connectivity index (χ2v) is 5.25. The largest absolute Gasteiger partial charge is 0.388 e. The first-order chi connectivity index (χ1) is 8.60. The topological polar surface area (TPSA) is 54.8 Å². The summed E-state index contributed by atoms with van der Waals surface area (Å²) < 4.78 is 10.3. The van der Waals surface area contributed by atoms with Crippen LogP contribution in [-0.4, -0.2) is 50.1 Å². The van der Waals surface area contributed by atoms with Gasteiger partial charge in [0.25, 0.3) is 0 Å². The summed E-state index contributed by atoms with van der Waals surface area (Å²) in [6.07, 6.45) is 1.25. The predicted molar refractivity (Wildman–Crippen MR) is 73.3 cm³/mol. The smallest absolute Gasteiger partial charge is 0.185 e. The zero-order chi connectivity index (χ0) is 13.5. The van der Waals surface area contributed by atoms with Crippen molar-refractivity contribution < 1.29 is 14.6 Å². The van der Waals surface area contributed by atoms with Crippen LogP contribution in [0.4, 0.5) is 5.13 Å². The molecular weight excluding hydrogens is 252 g/mol. The number of hydrogen-bond donors (Lipinski definition) is 1. The molecule has 0 saturated carbocycles. The Morgan fingerprint density at radius 3 is 2.61 bits per heavy atom. The standard InChI is InChI=1S/C12H22N2O3S/c1-9(8-17-4)14(5-6-16-3)12-13-7-11(18-12)10(2)15/h7,9-10,15H,5-6,8H2,1-4H3. The SMILES string of the molecule is COCCN(c1ncc(C(C)O)s1)C(C)COC. The van der Waals surface area contributed by atoms with E-state index in [1.807, 2.05) is 0 Å². The molecule has 1 aromatic rings. The number of aromatic nitrogens is 1. The van der Waals surface area contributed by atoms with E-state index in [0.29, 0.717) is 13.2 Å². The highest BCUT2D eigenvalue weighted by atomic mass is 32.1. The van der Waals surface area contributed by atoms with Crippen molar-refractivity contribution in [3.63, 3.8) is 0 Å². The average molecular weight is 274 g/mol. The summed E-state index contributed by atoms with van der Waals surface area (Å²) >= 11 is 1.51. The first-order valence-electron chi connectivity index (χ1n) is 5.98. The molecule has 0 bridgehead atoms. The Morgan fingerprint density at radius 2 is 2.11 bits per heavy atom. The van der Waals surface area contributed by atoms with Gasteiger partial charge in [-0.1, -0.05) is 11.3 Å². The number of hydrogen-bond acceptors (Lipinski definition) is 6. The van der Waals surface area contributed by atoms with Crippen LogP contribution in [0.15, 0.2) is 6.20 Å². The second kappa shape index (κ2) is 7.68. The van der Waals surface area contributed by atoms with Crippen LogP contribution >= 0.6 is 11.3 Å². The maximum atomic E-state index is 9.54. The van der Waals surface area contributed by atoms with Crippen LogP contribution in [0.2, 0.25) is 0 Å². The molecule has 1 heterocycles. The van der Waals surface area contributed by atoms with E-state index in [1.165, 1.54) is 11.3 Å². The molecule has 0 spiro atoms. The van der Waals surface area contributed by atoms with Crippen LogP contribution in [0.3, 0.4) is 0 Å². The molecule has 104 valence electrons.